The smallest absolute Gasteiger partial charge is 0.253 e. The topological polar surface area (TPSA) is 59.8 Å². The Morgan fingerprint density at radius 3 is 2.76 bits per heavy atom. The molecule has 1 atom stereocenters. The minimum absolute atomic E-state index is 0.0215. The molecule has 1 N–H and O–H groups in total. The lowest BCUT2D eigenvalue weighted by Crippen LogP contribution is -2.27. The van der Waals surface area contributed by atoms with Crippen LogP contribution in [-0.2, 0) is 6.54 Å². The van der Waals surface area contributed by atoms with Crippen molar-refractivity contribution in [3.63, 3.8) is 0 Å². The molecule has 3 aromatic rings. The van der Waals surface area contributed by atoms with E-state index >= 15 is 0 Å². The van der Waals surface area contributed by atoms with Crippen molar-refractivity contribution < 1.29 is 13.6 Å². The molecule has 0 saturated heterocycles. The Bertz CT molecular complexity index is 923. The van der Waals surface area contributed by atoms with Gasteiger partial charge >= 0.3 is 0 Å². The van der Waals surface area contributed by atoms with Crippen molar-refractivity contribution in [2.24, 2.45) is 5.92 Å². The maximum atomic E-state index is 12.9. The lowest BCUT2D eigenvalue weighted by Gasteiger charge is -2.06. The van der Waals surface area contributed by atoms with Crippen molar-refractivity contribution in [2.45, 2.75) is 18.9 Å². The molecule has 2 aromatic heterocycles. The number of carbonyl (C=O) groups is 1. The van der Waals surface area contributed by atoms with Gasteiger partial charge in [0.2, 0.25) is 0 Å². The number of halogens is 2. The van der Waals surface area contributed by atoms with Crippen LogP contribution in [0.4, 0.5) is 8.78 Å². The van der Waals surface area contributed by atoms with Crippen molar-refractivity contribution in [3.05, 3.63) is 60.0 Å². The summed E-state index contributed by atoms with van der Waals surface area (Å²) in [6.45, 7) is 0.610. The van der Waals surface area contributed by atoms with Gasteiger partial charge in [-0.25, -0.2) is 18.7 Å². The van der Waals surface area contributed by atoms with Gasteiger partial charge in [-0.2, -0.15) is 0 Å². The third-order valence-corrected chi connectivity index (χ3v) is 4.38. The fourth-order valence-electron chi connectivity index (χ4n) is 2.78. The van der Waals surface area contributed by atoms with Crippen LogP contribution in [-0.4, -0.2) is 32.9 Å². The van der Waals surface area contributed by atoms with Gasteiger partial charge in [-0.05, 0) is 11.6 Å². The molecule has 1 amide bonds. The molecule has 0 aliphatic heterocycles. The van der Waals surface area contributed by atoms with E-state index in [-0.39, 0.29) is 13.0 Å². The Labute approximate surface area is 142 Å². The van der Waals surface area contributed by atoms with Gasteiger partial charge in [0.1, 0.15) is 5.52 Å². The zero-order valence-corrected chi connectivity index (χ0v) is 13.3. The minimum atomic E-state index is -2.63. The second-order valence-electron chi connectivity index (χ2n) is 6.30. The van der Waals surface area contributed by atoms with Gasteiger partial charge < -0.3 is 9.88 Å². The Balaban J connectivity index is 1.48. The number of imidazole rings is 1. The Morgan fingerprint density at radius 1 is 1.28 bits per heavy atom. The molecular formula is C18H16F2N4O. The van der Waals surface area contributed by atoms with Gasteiger partial charge in [-0.1, -0.05) is 30.3 Å². The molecule has 25 heavy (non-hydrogen) atoms. The zero-order chi connectivity index (χ0) is 17.4. The SMILES string of the molecule is O=C(NCC1CC1(F)F)c1cnc2c(c1)ncn2Cc1ccccc1. The first-order valence-corrected chi connectivity index (χ1v) is 8.04. The van der Waals surface area contributed by atoms with E-state index < -0.39 is 17.7 Å². The number of fused-ring (bicyclic) bond motifs is 1. The van der Waals surface area contributed by atoms with Crippen LogP contribution >= 0.6 is 0 Å². The Hall–Kier alpha value is -2.83. The third kappa shape index (κ3) is 3.22. The number of nitrogens with one attached hydrogen (secondary N) is 1. The summed E-state index contributed by atoms with van der Waals surface area (Å²) in [6, 6.07) is 11.5. The maximum Gasteiger partial charge on any atom is 0.253 e. The fourth-order valence-corrected chi connectivity index (χ4v) is 2.78. The maximum absolute atomic E-state index is 12.9. The van der Waals surface area contributed by atoms with Gasteiger partial charge in [0.15, 0.2) is 5.65 Å². The largest absolute Gasteiger partial charge is 0.351 e. The van der Waals surface area contributed by atoms with Gasteiger partial charge in [0.05, 0.1) is 18.4 Å². The Kier molecular flexibility index (Phi) is 3.71. The monoisotopic (exact) mass is 342 g/mol. The van der Waals surface area contributed by atoms with E-state index in [1.165, 1.54) is 6.20 Å². The number of carbonyl (C=O) groups excluding carboxylic acids is 1. The molecule has 1 unspecified atom stereocenters. The molecule has 7 heteroatoms. The van der Waals surface area contributed by atoms with Crippen molar-refractivity contribution in [3.8, 4) is 0 Å². The summed E-state index contributed by atoms with van der Waals surface area (Å²) in [5.74, 6) is -3.79. The average molecular weight is 342 g/mol. The summed E-state index contributed by atoms with van der Waals surface area (Å²) in [7, 11) is 0. The van der Waals surface area contributed by atoms with E-state index in [2.05, 4.69) is 15.3 Å². The highest BCUT2D eigenvalue weighted by Crippen LogP contribution is 2.47. The standard InChI is InChI=1S/C18H16F2N4O/c19-18(20)7-14(18)9-22-17(25)13-6-15-16(21-8-13)24(11-23-15)10-12-4-2-1-3-5-12/h1-6,8,11,14H,7,9-10H2,(H,22,25). The van der Waals surface area contributed by atoms with Crippen molar-refractivity contribution >= 4 is 17.1 Å². The summed E-state index contributed by atoms with van der Waals surface area (Å²) in [6.07, 6.45) is 2.97. The lowest BCUT2D eigenvalue weighted by atomic mass is 10.2. The number of rotatable bonds is 5. The highest BCUT2D eigenvalue weighted by atomic mass is 19.3. The molecule has 0 spiro atoms. The normalized spacial score (nSPS) is 18.2. The molecule has 128 valence electrons. The number of aromatic nitrogens is 3. The molecule has 1 aromatic carbocycles. The first-order valence-electron chi connectivity index (χ1n) is 8.04. The minimum Gasteiger partial charge on any atom is -0.351 e. The number of alkyl halides is 2. The van der Waals surface area contributed by atoms with Crippen LogP contribution in [0.2, 0.25) is 0 Å². The molecule has 4 rings (SSSR count). The summed E-state index contributed by atoms with van der Waals surface area (Å²) in [5.41, 5.74) is 2.71. The third-order valence-electron chi connectivity index (χ3n) is 4.38. The van der Waals surface area contributed by atoms with Gasteiger partial charge in [-0.3, -0.25) is 4.79 Å². The van der Waals surface area contributed by atoms with Crippen LogP contribution < -0.4 is 5.32 Å². The van der Waals surface area contributed by atoms with Gasteiger partial charge in [0.25, 0.3) is 11.8 Å². The zero-order valence-electron chi connectivity index (χ0n) is 13.3. The quantitative estimate of drug-likeness (QED) is 0.776. The second-order valence-corrected chi connectivity index (χ2v) is 6.30. The number of pyridine rings is 1. The first-order chi connectivity index (χ1) is 12.0. The average Bonchev–Trinajstić information content (AvgIpc) is 3.04. The molecule has 2 heterocycles. The van der Waals surface area contributed by atoms with Crippen LogP contribution in [0, 0.1) is 5.92 Å². The van der Waals surface area contributed by atoms with E-state index in [1.54, 1.807) is 12.4 Å². The lowest BCUT2D eigenvalue weighted by molar-refractivity contribution is 0.0895. The van der Waals surface area contributed by atoms with Gasteiger partial charge in [-0.15, -0.1) is 0 Å². The van der Waals surface area contributed by atoms with Crippen molar-refractivity contribution in [1.82, 2.24) is 19.9 Å². The van der Waals surface area contributed by atoms with Crippen LogP contribution in [0.3, 0.4) is 0 Å². The predicted molar refractivity (Wildman–Crippen MR) is 88.5 cm³/mol. The number of benzene rings is 1. The number of hydrogen-bond acceptors (Lipinski definition) is 3. The summed E-state index contributed by atoms with van der Waals surface area (Å²) in [4.78, 5) is 20.7. The fraction of sp³-hybridized carbons (Fsp3) is 0.278. The van der Waals surface area contributed by atoms with Crippen LogP contribution in [0.5, 0.6) is 0 Å². The van der Waals surface area contributed by atoms with E-state index in [9.17, 15) is 13.6 Å². The Morgan fingerprint density at radius 2 is 2.04 bits per heavy atom. The summed E-state index contributed by atoms with van der Waals surface area (Å²) in [5, 5.41) is 2.53. The first kappa shape index (κ1) is 15.7. The van der Waals surface area contributed by atoms with Crippen molar-refractivity contribution in [1.29, 1.82) is 0 Å². The summed E-state index contributed by atoms with van der Waals surface area (Å²) < 4.78 is 27.6. The summed E-state index contributed by atoms with van der Waals surface area (Å²) >= 11 is 0. The second kappa shape index (κ2) is 5.91. The molecule has 5 nitrogen and oxygen atoms in total. The molecule has 1 aliphatic carbocycles. The molecule has 1 aliphatic rings. The van der Waals surface area contributed by atoms with Crippen LogP contribution in [0.25, 0.3) is 11.2 Å². The van der Waals surface area contributed by atoms with E-state index in [0.29, 0.717) is 23.3 Å². The number of nitrogens with zero attached hydrogens (tertiary/aromatic N) is 3. The van der Waals surface area contributed by atoms with E-state index in [1.807, 2.05) is 34.9 Å². The molecular weight excluding hydrogens is 326 g/mol. The molecule has 1 saturated carbocycles. The van der Waals surface area contributed by atoms with Crippen LogP contribution in [0.15, 0.2) is 48.9 Å². The molecule has 0 bridgehead atoms. The highest BCUT2D eigenvalue weighted by Gasteiger charge is 2.56. The van der Waals surface area contributed by atoms with E-state index in [0.717, 1.165) is 5.56 Å². The molecule has 1 fully saturated rings. The number of hydrogen-bond donors (Lipinski definition) is 1. The number of amides is 1. The van der Waals surface area contributed by atoms with Crippen LogP contribution in [0.1, 0.15) is 22.3 Å². The highest BCUT2D eigenvalue weighted by molar-refractivity contribution is 5.96. The molecule has 0 radical (unpaired) electrons. The van der Waals surface area contributed by atoms with Gasteiger partial charge in [0, 0.05) is 25.1 Å². The predicted octanol–water partition coefficient (Wildman–Crippen LogP) is 2.86. The van der Waals surface area contributed by atoms with E-state index in [4.69, 9.17) is 0 Å². The van der Waals surface area contributed by atoms with Crippen molar-refractivity contribution in [2.75, 3.05) is 6.54 Å².